The van der Waals surface area contributed by atoms with Gasteiger partial charge in [0.15, 0.2) is 0 Å². The van der Waals surface area contributed by atoms with E-state index in [0.29, 0.717) is 12.0 Å². The van der Waals surface area contributed by atoms with Gasteiger partial charge in [0.25, 0.3) is 0 Å². The van der Waals surface area contributed by atoms with Crippen molar-refractivity contribution in [3.63, 3.8) is 0 Å². The zero-order valence-electron chi connectivity index (χ0n) is 7.62. The van der Waals surface area contributed by atoms with E-state index in [2.05, 4.69) is 17.1 Å². The van der Waals surface area contributed by atoms with E-state index in [0.717, 1.165) is 31.9 Å². The Balaban J connectivity index is 2.15. The maximum absolute atomic E-state index is 8.66. The summed E-state index contributed by atoms with van der Waals surface area (Å²) in [5.74, 6) is 0.852. The molecule has 0 aromatic heterocycles. The maximum atomic E-state index is 8.66. The van der Waals surface area contributed by atoms with Gasteiger partial charge in [-0.1, -0.05) is 0 Å². The lowest BCUT2D eigenvalue weighted by Gasteiger charge is -2.32. The molecule has 3 nitrogen and oxygen atoms in total. The van der Waals surface area contributed by atoms with Crippen LogP contribution in [0.15, 0.2) is 0 Å². The highest BCUT2D eigenvalue weighted by Crippen LogP contribution is 2.14. The third kappa shape index (κ3) is 3.31. The fourth-order valence-corrected chi connectivity index (χ4v) is 2.24. The Morgan fingerprint density at radius 1 is 1.50 bits per heavy atom. The van der Waals surface area contributed by atoms with E-state index in [1.54, 1.807) is 0 Å². The van der Waals surface area contributed by atoms with E-state index in [9.17, 15) is 0 Å². The van der Waals surface area contributed by atoms with Gasteiger partial charge in [-0.2, -0.15) is 0 Å². The van der Waals surface area contributed by atoms with Crippen molar-refractivity contribution in [2.24, 2.45) is 0 Å². The molecule has 0 aliphatic carbocycles. The zero-order chi connectivity index (χ0) is 8.81. The fraction of sp³-hybridized carbons (Fsp3) is 1.00. The predicted octanol–water partition coefficient (Wildman–Crippen LogP) is -0.0369. The van der Waals surface area contributed by atoms with Gasteiger partial charge < -0.3 is 10.4 Å². The molecule has 1 saturated heterocycles. The van der Waals surface area contributed by atoms with Crippen LogP contribution in [0.2, 0.25) is 0 Å². The normalized spacial score (nSPS) is 22.5. The highest BCUT2D eigenvalue weighted by Gasteiger charge is 2.15. The van der Waals surface area contributed by atoms with Gasteiger partial charge in [-0.15, -0.1) is 11.8 Å². The Hall–Kier alpha value is 0.230. The number of aliphatic hydroxyl groups excluding tert-OH is 1. The van der Waals surface area contributed by atoms with Gasteiger partial charge in [0.1, 0.15) is 0 Å². The van der Waals surface area contributed by atoms with Crippen LogP contribution < -0.4 is 5.32 Å². The van der Waals surface area contributed by atoms with Crippen LogP contribution in [-0.2, 0) is 0 Å². The molecule has 72 valence electrons. The highest BCUT2D eigenvalue weighted by atomic mass is 32.2. The van der Waals surface area contributed by atoms with E-state index in [1.165, 1.54) is 0 Å². The van der Waals surface area contributed by atoms with E-state index >= 15 is 0 Å². The number of aliphatic hydroxyl groups is 1. The second-order valence-corrected chi connectivity index (χ2v) is 4.40. The minimum absolute atomic E-state index is 0.293. The summed E-state index contributed by atoms with van der Waals surface area (Å²) in [6.07, 6.45) is 0. The Morgan fingerprint density at radius 2 is 2.17 bits per heavy atom. The molecular formula is C8H18N2OS. The number of thioether (sulfide) groups is 1. The average Bonchev–Trinajstić information content (AvgIpc) is 2.15. The van der Waals surface area contributed by atoms with Crippen LogP contribution in [0.5, 0.6) is 0 Å². The quantitative estimate of drug-likeness (QED) is 0.652. The molecule has 0 aromatic carbocycles. The molecule has 0 spiro atoms. The van der Waals surface area contributed by atoms with Crippen LogP contribution >= 0.6 is 11.8 Å². The Kier molecular flexibility index (Phi) is 4.99. The van der Waals surface area contributed by atoms with Crippen molar-refractivity contribution in [1.82, 2.24) is 10.2 Å². The summed E-state index contributed by atoms with van der Waals surface area (Å²) >= 11 is 1.83. The predicted molar refractivity (Wildman–Crippen MR) is 53.4 cm³/mol. The lowest BCUT2D eigenvalue weighted by atomic mass is 10.4. The molecule has 1 rings (SSSR count). The van der Waals surface area contributed by atoms with Crippen molar-refractivity contribution in [3.8, 4) is 0 Å². The first-order valence-electron chi connectivity index (χ1n) is 4.52. The molecule has 1 aliphatic heterocycles. The molecule has 0 radical (unpaired) electrons. The van der Waals surface area contributed by atoms with Crippen LogP contribution in [0.4, 0.5) is 0 Å². The maximum Gasteiger partial charge on any atom is 0.0530 e. The van der Waals surface area contributed by atoms with Crippen LogP contribution in [0.25, 0.3) is 0 Å². The minimum Gasteiger partial charge on any atom is -0.396 e. The number of nitrogens with zero attached hydrogens (tertiary/aromatic N) is 1. The van der Waals surface area contributed by atoms with E-state index in [4.69, 9.17) is 5.11 Å². The molecule has 0 aromatic rings. The Labute approximate surface area is 78.5 Å². The lowest BCUT2D eigenvalue weighted by molar-refractivity contribution is 0.234. The summed E-state index contributed by atoms with van der Waals surface area (Å²) in [7, 11) is 0. The third-order valence-corrected chi connectivity index (χ3v) is 3.31. The Morgan fingerprint density at radius 3 is 2.75 bits per heavy atom. The van der Waals surface area contributed by atoms with Crippen LogP contribution in [0, 0.1) is 0 Å². The Bertz CT molecular complexity index is 118. The summed E-state index contributed by atoms with van der Waals surface area (Å²) in [6, 6.07) is 0. The van der Waals surface area contributed by atoms with Crippen molar-refractivity contribution < 1.29 is 5.11 Å². The van der Waals surface area contributed by atoms with Gasteiger partial charge in [-0.05, 0) is 6.92 Å². The number of nitrogens with one attached hydrogen (secondary N) is 1. The fourth-order valence-electron chi connectivity index (χ4n) is 1.37. The molecule has 2 N–H and O–H groups in total. The molecule has 0 bridgehead atoms. The molecule has 1 unspecified atom stereocenters. The molecule has 12 heavy (non-hydrogen) atoms. The van der Waals surface area contributed by atoms with Gasteiger partial charge >= 0.3 is 0 Å². The number of rotatable bonds is 4. The topological polar surface area (TPSA) is 35.5 Å². The summed E-state index contributed by atoms with van der Waals surface area (Å²) in [4.78, 5) is 2.46. The van der Waals surface area contributed by atoms with Gasteiger partial charge in [0, 0.05) is 31.9 Å². The molecular weight excluding hydrogens is 172 g/mol. The summed E-state index contributed by atoms with van der Waals surface area (Å²) in [5.41, 5.74) is 0. The number of hydrogen-bond acceptors (Lipinski definition) is 4. The van der Waals surface area contributed by atoms with Crippen LogP contribution in [0.1, 0.15) is 6.92 Å². The van der Waals surface area contributed by atoms with Crippen molar-refractivity contribution >= 4 is 11.8 Å². The van der Waals surface area contributed by atoms with Crippen molar-refractivity contribution in [2.75, 3.05) is 38.5 Å². The average molecular weight is 190 g/mol. The molecule has 1 atom stereocenters. The summed E-state index contributed by atoms with van der Waals surface area (Å²) in [6.45, 7) is 6.99. The number of hydrogen-bond donors (Lipinski definition) is 2. The van der Waals surface area contributed by atoms with Gasteiger partial charge in [-0.25, -0.2) is 0 Å². The summed E-state index contributed by atoms with van der Waals surface area (Å²) in [5, 5.41) is 12.5. The van der Waals surface area contributed by atoms with Crippen molar-refractivity contribution in [2.45, 2.75) is 12.3 Å². The van der Waals surface area contributed by atoms with Crippen molar-refractivity contribution in [3.05, 3.63) is 0 Å². The van der Waals surface area contributed by atoms with Crippen LogP contribution in [-0.4, -0.2) is 53.9 Å². The van der Waals surface area contributed by atoms with Gasteiger partial charge in [0.05, 0.1) is 12.0 Å². The second-order valence-electron chi connectivity index (χ2n) is 2.98. The first kappa shape index (κ1) is 10.3. The van der Waals surface area contributed by atoms with E-state index < -0.39 is 0 Å². The largest absolute Gasteiger partial charge is 0.396 e. The monoisotopic (exact) mass is 190 g/mol. The molecule has 1 fully saturated rings. The molecule has 0 amide bonds. The minimum atomic E-state index is 0.293. The van der Waals surface area contributed by atoms with E-state index in [-0.39, 0.29) is 0 Å². The van der Waals surface area contributed by atoms with Crippen molar-refractivity contribution in [1.29, 1.82) is 0 Å². The lowest BCUT2D eigenvalue weighted by Crippen LogP contribution is -2.46. The summed E-state index contributed by atoms with van der Waals surface area (Å²) < 4.78 is 0. The highest BCUT2D eigenvalue weighted by molar-refractivity contribution is 7.99. The SMILES string of the molecule is CC(SCCO)N1CCNCC1. The molecule has 4 heteroatoms. The van der Waals surface area contributed by atoms with Crippen LogP contribution in [0.3, 0.4) is 0 Å². The zero-order valence-corrected chi connectivity index (χ0v) is 8.44. The van der Waals surface area contributed by atoms with Gasteiger partial charge in [-0.3, -0.25) is 4.90 Å². The third-order valence-electron chi connectivity index (χ3n) is 2.12. The first-order chi connectivity index (χ1) is 5.84. The second kappa shape index (κ2) is 5.80. The molecule has 1 heterocycles. The standard InChI is InChI=1S/C8H18N2OS/c1-8(12-7-6-11)10-4-2-9-3-5-10/h8-9,11H,2-7H2,1H3. The first-order valence-corrected chi connectivity index (χ1v) is 5.56. The number of piperazine rings is 1. The van der Waals surface area contributed by atoms with E-state index in [1.807, 2.05) is 11.8 Å². The smallest absolute Gasteiger partial charge is 0.0530 e. The van der Waals surface area contributed by atoms with Gasteiger partial charge in [0.2, 0.25) is 0 Å². The molecule has 0 saturated carbocycles. The molecule has 1 aliphatic rings.